The molecule has 1 aliphatic heterocycles. The molecule has 0 unspecified atom stereocenters. The second kappa shape index (κ2) is 3.54. The van der Waals surface area contributed by atoms with Crippen molar-refractivity contribution in [1.82, 2.24) is 5.01 Å². The van der Waals surface area contributed by atoms with Crippen LogP contribution in [0.3, 0.4) is 0 Å². The fourth-order valence-electron chi connectivity index (χ4n) is 2.27. The van der Waals surface area contributed by atoms with Crippen LogP contribution in [0.4, 0.5) is 0 Å². The van der Waals surface area contributed by atoms with Crippen LogP contribution < -0.4 is 10.6 Å². The fourth-order valence-corrected chi connectivity index (χ4v) is 2.27. The second-order valence-corrected chi connectivity index (χ2v) is 4.02. The molecule has 0 fully saturated rings. The molecule has 2 amide bonds. The summed E-state index contributed by atoms with van der Waals surface area (Å²) in [5.74, 6) is 5.12. The minimum atomic E-state index is -0.494. The molecule has 0 aliphatic carbocycles. The van der Waals surface area contributed by atoms with Gasteiger partial charge in [-0.3, -0.25) is 9.59 Å². The number of nitrogens with zero attached hydrogens (tertiary/aromatic N) is 1. The molecule has 2 aromatic rings. The van der Waals surface area contributed by atoms with E-state index in [9.17, 15) is 9.59 Å². The number of hydrazine groups is 1. The molecule has 0 bridgehead atoms. The Bertz CT molecular complexity index is 672. The number of hydrogen-bond donors (Lipinski definition) is 1. The van der Waals surface area contributed by atoms with Gasteiger partial charge in [0.05, 0.1) is 18.2 Å². The highest BCUT2D eigenvalue weighted by Crippen LogP contribution is 2.34. The molecule has 0 saturated carbocycles. The van der Waals surface area contributed by atoms with Crippen molar-refractivity contribution in [1.29, 1.82) is 0 Å². The van der Waals surface area contributed by atoms with Gasteiger partial charge in [-0.1, -0.05) is 12.1 Å². The van der Waals surface area contributed by atoms with Gasteiger partial charge in [0.2, 0.25) is 0 Å². The second-order valence-electron chi connectivity index (χ2n) is 4.02. The minimum Gasteiger partial charge on any atom is -0.496 e. The molecule has 0 atom stereocenters. The highest BCUT2D eigenvalue weighted by Gasteiger charge is 2.31. The molecule has 0 aromatic heterocycles. The number of rotatable bonds is 1. The summed E-state index contributed by atoms with van der Waals surface area (Å²) in [4.78, 5) is 23.9. The monoisotopic (exact) mass is 242 g/mol. The first-order valence-electron chi connectivity index (χ1n) is 5.38. The first kappa shape index (κ1) is 10.7. The number of carbonyl (C=O) groups is 2. The number of benzene rings is 2. The van der Waals surface area contributed by atoms with Gasteiger partial charge in [0.25, 0.3) is 11.8 Å². The van der Waals surface area contributed by atoms with E-state index in [2.05, 4.69) is 0 Å². The van der Waals surface area contributed by atoms with Gasteiger partial charge in [-0.2, -0.15) is 0 Å². The third kappa shape index (κ3) is 1.19. The number of hydrogen-bond acceptors (Lipinski definition) is 4. The Balaban J connectivity index is 2.49. The largest absolute Gasteiger partial charge is 0.496 e. The number of ether oxygens (including phenoxy) is 1. The number of methoxy groups -OCH3 is 1. The SMILES string of the molecule is COc1ccc2c3c(cccc13)C(=O)N(N)C2=O. The highest BCUT2D eigenvalue weighted by atomic mass is 16.5. The molecule has 5 nitrogen and oxygen atoms in total. The number of imide groups is 1. The van der Waals surface area contributed by atoms with Crippen LogP contribution in [0.5, 0.6) is 5.75 Å². The van der Waals surface area contributed by atoms with Crippen molar-refractivity contribution in [3.05, 3.63) is 41.5 Å². The summed E-state index contributed by atoms with van der Waals surface area (Å²) in [5.41, 5.74) is 0.840. The van der Waals surface area contributed by atoms with E-state index in [0.717, 1.165) is 5.39 Å². The molecule has 2 N–H and O–H groups in total. The van der Waals surface area contributed by atoms with Crippen LogP contribution in [0, 0.1) is 0 Å². The van der Waals surface area contributed by atoms with Gasteiger partial charge < -0.3 is 4.74 Å². The van der Waals surface area contributed by atoms with Gasteiger partial charge in [-0.15, -0.1) is 0 Å². The van der Waals surface area contributed by atoms with Crippen LogP contribution >= 0.6 is 0 Å². The van der Waals surface area contributed by atoms with Crippen molar-refractivity contribution < 1.29 is 14.3 Å². The number of amides is 2. The van der Waals surface area contributed by atoms with E-state index in [1.165, 1.54) is 0 Å². The predicted octanol–water partition coefficient (Wildman–Crippen LogP) is 1.32. The Hall–Kier alpha value is -2.40. The molecule has 0 spiro atoms. The van der Waals surface area contributed by atoms with Crippen molar-refractivity contribution in [2.45, 2.75) is 0 Å². The standard InChI is InChI=1S/C13H10N2O3/c1-18-10-6-5-9-11-7(10)3-2-4-8(11)12(16)15(14)13(9)17/h2-6H,14H2,1H3. The smallest absolute Gasteiger partial charge is 0.275 e. The van der Waals surface area contributed by atoms with Crippen molar-refractivity contribution in [2.75, 3.05) is 7.11 Å². The zero-order valence-corrected chi connectivity index (χ0v) is 9.64. The molecule has 1 heterocycles. The van der Waals surface area contributed by atoms with Crippen LogP contribution in [-0.2, 0) is 0 Å². The lowest BCUT2D eigenvalue weighted by molar-refractivity contribution is 0.0610. The quantitative estimate of drug-likeness (QED) is 0.465. The Morgan fingerprint density at radius 3 is 2.39 bits per heavy atom. The maximum absolute atomic E-state index is 12.0. The van der Waals surface area contributed by atoms with E-state index in [-0.39, 0.29) is 0 Å². The van der Waals surface area contributed by atoms with Crippen molar-refractivity contribution in [3.8, 4) is 5.75 Å². The lowest BCUT2D eigenvalue weighted by atomic mass is 9.94. The average Bonchev–Trinajstić information content (AvgIpc) is 2.41. The van der Waals surface area contributed by atoms with Gasteiger partial charge >= 0.3 is 0 Å². The zero-order chi connectivity index (χ0) is 12.9. The molecule has 1 aliphatic rings. The molecule has 90 valence electrons. The molecule has 0 radical (unpaired) electrons. The molecule has 18 heavy (non-hydrogen) atoms. The maximum atomic E-state index is 12.0. The number of carbonyl (C=O) groups excluding carboxylic acids is 2. The van der Waals surface area contributed by atoms with Crippen LogP contribution in [0.15, 0.2) is 30.3 Å². The van der Waals surface area contributed by atoms with E-state index in [0.29, 0.717) is 27.3 Å². The van der Waals surface area contributed by atoms with Crippen LogP contribution in [-0.4, -0.2) is 23.9 Å². The summed E-state index contributed by atoms with van der Waals surface area (Å²) in [5, 5.41) is 1.99. The lowest BCUT2D eigenvalue weighted by Gasteiger charge is -2.23. The van der Waals surface area contributed by atoms with Crippen molar-refractivity contribution in [3.63, 3.8) is 0 Å². The molecule has 3 rings (SSSR count). The van der Waals surface area contributed by atoms with Gasteiger partial charge in [0.15, 0.2) is 0 Å². The van der Waals surface area contributed by atoms with E-state index < -0.39 is 11.8 Å². The summed E-state index contributed by atoms with van der Waals surface area (Å²) in [6, 6.07) is 8.53. The van der Waals surface area contributed by atoms with Crippen LogP contribution in [0.1, 0.15) is 20.7 Å². The zero-order valence-electron chi connectivity index (χ0n) is 9.64. The Kier molecular flexibility index (Phi) is 2.11. The van der Waals surface area contributed by atoms with E-state index in [1.54, 1.807) is 31.4 Å². The summed E-state index contributed by atoms with van der Waals surface area (Å²) < 4.78 is 5.24. The summed E-state index contributed by atoms with van der Waals surface area (Å²) in [6.45, 7) is 0. The predicted molar refractivity (Wildman–Crippen MR) is 65.2 cm³/mol. The molecular weight excluding hydrogens is 232 g/mol. The Morgan fingerprint density at radius 1 is 1.06 bits per heavy atom. The topological polar surface area (TPSA) is 72.6 Å². The van der Waals surface area contributed by atoms with Gasteiger partial charge in [0, 0.05) is 10.8 Å². The molecule has 0 saturated heterocycles. The lowest BCUT2D eigenvalue weighted by Crippen LogP contribution is -2.45. The third-order valence-electron chi connectivity index (χ3n) is 3.12. The summed E-state index contributed by atoms with van der Waals surface area (Å²) >= 11 is 0. The van der Waals surface area contributed by atoms with Crippen LogP contribution in [0.2, 0.25) is 0 Å². The van der Waals surface area contributed by atoms with Gasteiger partial charge in [-0.25, -0.2) is 10.9 Å². The van der Waals surface area contributed by atoms with E-state index in [4.69, 9.17) is 10.6 Å². The Labute approximate surface area is 103 Å². The molecular formula is C13H10N2O3. The van der Waals surface area contributed by atoms with Crippen LogP contribution in [0.25, 0.3) is 10.8 Å². The Morgan fingerprint density at radius 2 is 1.72 bits per heavy atom. The third-order valence-corrected chi connectivity index (χ3v) is 3.12. The van der Waals surface area contributed by atoms with Crippen molar-refractivity contribution in [2.24, 2.45) is 5.84 Å². The normalized spacial score (nSPS) is 14.2. The highest BCUT2D eigenvalue weighted by molar-refractivity contribution is 6.25. The van der Waals surface area contributed by atoms with Crippen molar-refractivity contribution >= 4 is 22.6 Å². The first-order chi connectivity index (χ1) is 8.65. The van der Waals surface area contributed by atoms with E-state index in [1.807, 2.05) is 6.07 Å². The first-order valence-corrected chi connectivity index (χ1v) is 5.38. The summed E-state index contributed by atoms with van der Waals surface area (Å²) in [6.07, 6.45) is 0. The fraction of sp³-hybridized carbons (Fsp3) is 0.0769. The van der Waals surface area contributed by atoms with Gasteiger partial charge in [0.1, 0.15) is 5.75 Å². The molecule has 2 aromatic carbocycles. The van der Waals surface area contributed by atoms with E-state index >= 15 is 0 Å². The maximum Gasteiger partial charge on any atom is 0.275 e. The van der Waals surface area contributed by atoms with Gasteiger partial charge in [-0.05, 0) is 18.2 Å². The summed E-state index contributed by atoms with van der Waals surface area (Å²) in [7, 11) is 1.55. The average molecular weight is 242 g/mol. The molecule has 5 heteroatoms. The number of nitrogens with two attached hydrogens (primary N) is 1. The minimum absolute atomic E-state index is 0.420.